The van der Waals surface area contributed by atoms with Crippen LogP contribution in [0.3, 0.4) is 0 Å². The monoisotopic (exact) mass is 282 g/mol. The molecular formula is C18H18O3. The molecule has 1 N–H and O–H groups in total. The lowest BCUT2D eigenvalue weighted by atomic mass is 9.92. The van der Waals surface area contributed by atoms with E-state index in [0.29, 0.717) is 12.0 Å². The molecule has 0 amide bonds. The highest BCUT2D eigenvalue weighted by molar-refractivity contribution is 5.96. The van der Waals surface area contributed by atoms with Crippen LogP contribution in [-0.2, 0) is 4.79 Å². The van der Waals surface area contributed by atoms with Crippen molar-refractivity contribution in [3.8, 4) is 0 Å². The Kier molecular flexibility index (Phi) is 4.88. The van der Waals surface area contributed by atoms with Crippen LogP contribution in [0, 0.1) is 6.92 Å². The fourth-order valence-corrected chi connectivity index (χ4v) is 2.36. The van der Waals surface area contributed by atoms with Gasteiger partial charge in [0.15, 0.2) is 5.78 Å². The molecule has 0 fully saturated rings. The molecule has 0 aliphatic carbocycles. The maximum atomic E-state index is 12.2. The van der Waals surface area contributed by atoms with Gasteiger partial charge in [0.2, 0.25) is 0 Å². The summed E-state index contributed by atoms with van der Waals surface area (Å²) >= 11 is 0. The lowest BCUT2D eigenvalue weighted by Gasteiger charge is -2.12. The molecule has 0 aliphatic rings. The maximum absolute atomic E-state index is 12.2. The predicted octanol–water partition coefficient (Wildman–Crippen LogP) is 3.83. The average molecular weight is 282 g/mol. The van der Waals surface area contributed by atoms with E-state index in [4.69, 9.17) is 0 Å². The van der Waals surface area contributed by atoms with Crippen molar-refractivity contribution in [2.45, 2.75) is 25.7 Å². The van der Waals surface area contributed by atoms with Crippen LogP contribution in [0.25, 0.3) is 0 Å². The third-order valence-corrected chi connectivity index (χ3v) is 3.50. The van der Waals surface area contributed by atoms with E-state index in [1.807, 2.05) is 43.3 Å². The van der Waals surface area contributed by atoms with Crippen LogP contribution in [0.5, 0.6) is 0 Å². The van der Waals surface area contributed by atoms with Gasteiger partial charge < -0.3 is 5.11 Å². The molecule has 0 saturated carbocycles. The molecule has 0 saturated heterocycles. The SMILES string of the molecule is Cc1cccc(C(=O)CCC(C(=O)O)c2ccccc2)c1. The Morgan fingerprint density at radius 2 is 1.76 bits per heavy atom. The van der Waals surface area contributed by atoms with Crippen molar-refractivity contribution in [2.24, 2.45) is 0 Å². The Morgan fingerprint density at radius 3 is 2.38 bits per heavy atom. The Hall–Kier alpha value is -2.42. The Labute approximate surface area is 124 Å². The lowest BCUT2D eigenvalue weighted by molar-refractivity contribution is -0.138. The minimum atomic E-state index is -0.891. The van der Waals surface area contributed by atoms with Crippen molar-refractivity contribution in [3.63, 3.8) is 0 Å². The highest BCUT2D eigenvalue weighted by atomic mass is 16.4. The second-order valence-electron chi connectivity index (χ2n) is 5.13. The standard InChI is InChI=1S/C18H18O3/c1-13-6-5-9-15(12-13)17(19)11-10-16(18(20)21)14-7-3-2-4-8-14/h2-9,12,16H,10-11H2,1H3,(H,20,21). The van der Waals surface area contributed by atoms with Gasteiger partial charge in [0.05, 0.1) is 5.92 Å². The molecule has 0 heterocycles. The Morgan fingerprint density at radius 1 is 1.05 bits per heavy atom. The summed E-state index contributed by atoms with van der Waals surface area (Å²) in [6.45, 7) is 1.93. The molecule has 2 aromatic rings. The summed E-state index contributed by atoms with van der Waals surface area (Å²) < 4.78 is 0. The molecule has 0 radical (unpaired) electrons. The molecule has 21 heavy (non-hydrogen) atoms. The number of aliphatic carboxylic acids is 1. The first kappa shape index (κ1) is 15.0. The molecule has 2 aromatic carbocycles. The van der Waals surface area contributed by atoms with Gasteiger partial charge in [-0.2, -0.15) is 0 Å². The number of carboxylic acids is 1. The molecule has 3 heteroatoms. The number of ketones is 1. The van der Waals surface area contributed by atoms with Gasteiger partial charge in [0, 0.05) is 12.0 Å². The summed E-state index contributed by atoms with van der Waals surface area (Å²) in [5, 5.41) is 9.34. The molecule has 0 aromatic heterocycles. The fourth-order valence-electron chi connectivity index (χ4n) is 2.36. The van der Waals surface area contributed by atoms with Gasteiger partial charge in [0.25, 0.3) is 0 Å². The van der Waals surface area contributed by atoms with E-state index in [9.17, 15) is 14.7 Å². The number of hydrogen-bond donors (Lipinski definition) is 1. The summed E-state index contributed by atoms with van der Waals surface area (Å²) in [7, 11) is 0. The van der Waals surface area contributed by atoms with Crippen LogP contribution in [0.2, 0.25) is 0 Å². The largest absolute Gasteiger partial charge is 0.481 e. The summed E-state index contributed by atoms with van der Waals surface area (Å²) in [6.07, 6.45) is 0.543. The van der Waals surface area contributed by atoms with Gasteiger partial charge in [-0.15, -0.1) is 0 Å². The van der Waals surface area contributed by atoms with Gasteiger partial charge in [-0.1, -0.05) is 54.1 Å². The van der Waals surface area contributed by atoms with Crippen LogP contribution in [0.1, 0.15) is 40.2 Å². The van der Waals surface area contributed by atoms with E-state index in [0.717, 1.165) is 11.1 Å². The number of carboxylic acid groups (broad SMARTS) is 1. The van der Waals surface area contributed by atoms with Crippen LogP contribution < -0.4 is 0 Å². The van der Waals surface area contributed by atoms with Crippen molar-refractivity contribution in [1.82, 2.24) is 0 Å². The van der Waals surface area contributed by atoms with Crippen LogP contribution >= 0.6 is 0 Å². The van der Waals surface area contributed by atoms with E-state index in [-0.39, 0.29) is 12.2 Å². The van der Waals surface area contributed by atoms with Gasteiger partial charge in [-0.25, -0.2) is 0 Å². The number of aryl methyl sites for hydroxylation is 1. The van der Waals surface area contributed by atoms with Gasteiger partial charge in [0.1, 0.15) is 0 Å². The fraction of sp³-hybridized carbons (Fsp3) is 0.222. The van der Waals surface area contributed by atoms with Gasteiger partial charge in [-0.05, 0) is 25.0 Å². The van der Waals surface area contributed by atoms with E-state index in [1.165, 1.54) is 0 Å². The third-order valence-electron chi connectivity index (χ3n) is 3.50. The number of benzene rings is 2. The number of Topliss-reactive ketones (excluding diaryl/α,β-unsaturated/α-hetero) is 1. The first-order valence-electron chi connectivity index (χ1n) is 6.95. The zero-order valence-corrected chi connectivity index (χ0v) is 12.0. The van der Waals surface area contributed by atoms with Crippen LogP contribution in [0.4, 0.5) is 0 Å². The van der Waals surface area contributed by atoms with Crippen LogP contribution in [-0.4, -0.2) is 16.9 Å². The maximum Gasteiger partial charge on any atom is 0.310 e. The Bertz CT molecular complexity index is 632. The summed E-state index contributed by atoms with van der Waals surface area (Å²) in [5.74, 6) is -1.54. The molecule has 108 valence electrons. The predicted molar refractivity (Wildman–Crippen MR) is 81.6 cm³/mol. The summed E-state index contributed by atoms with van der Waals surface area (Å²) in [6, 6.07) is 16.4. The molecule has 3 nitrogen and oxygen atoms in total. The minimum Gasteiger partial charge on any atom is -0.481 e. The first-order valence-corrected chi connectivity index (χ1v) is 6.95. The molecule has 1 atom stereocenters. The van der Waals surface area contributed by atoms with E-state index in [1.54, 1.807) is 18.2 Å². The van der Waals surface area contributed by atoms with Gasteiger partial charge >= 0.3 is 5.97 Å². The van der Waals surface area contributed by atoms with Crippen molar-refractivity contribution >= 4 is 11.8 Å². The highest BCUT2D eigenvalue weighted by Crippen LogP contribution is 2.22. The average Bonchev–Trinajstić information content (AvgIpc) is 2.48. The van der Waals surface area contributed by atoms with E-state index in [2.05, 4.69) is 0 Å². The molecule has 2 rings (SSSR count). The van der Waals surface area contributed by atoms with Crippen molar-refractivity contribution in [3.05, 3.63) is 71.3 Å². The van der Waals surface area contributed by atoms with E-state index < -0.39 is 11.9 Å². The quantitative estimate of drug-likeness (QED) is 0.819. The second kappa shape index (κ2) is 6.84. The van der Waals surface area contributed by atoms with Crippen LogP contribution in [0.15, 0.2) is 54.6 Å². The number of rotatable bonds is 6. The topological polar surface area (TPSA) is 54.4 Å². The smallest absolute Gasteiger partial charge is 0.310 e. The first-order chi connectivity index (χ1) is 10.1. The molecule has 0 spiro atoms. The second-order valence-corrected chi connectivity index (χ2v) is 5.13. The zero-order valence-electron chi connectivity index (χ0n) is 12.0. The Balaban J connectivity index is 2.06. The molecular weight excluding hydrogens is 264 g/mol. The molecule has 0 aliphatic heterocycles. The van der Waals surface area contributed by atoms with Gasteiger partial charge in [-0.3, -0.25) is 9.59 Å². The summed E-state index contributed by atoms with van der Waals surface area (Å²) in [5.41, 5.74) is 2.41. The minimum absolute atomic E-state index is 0.0131. The third kappa shape index (κ3) is 4.02. The van der Waals surface area contributed by atoms with Crippen molar-refractivity contribution in [1.29, 1.82) is 0 Å². The van der Waals surface area contributed by atoms with E-state index >= 15 is 0 Å². The highest BCUT2D eigenvalue weighted by Gasteiger charge is 2.21. The molecule has 0 bridgehead atoms. The lowest BCUT2D eigenvalue weighted by Crippen LogP contribution is -2.13. The molecule has 1 unspecified atom stereocenters. The number of hydrogen-bond acceptors (Lipinski definition) is 2. The summed E-state index contributed by atoms with van der Waals surface area (Å²) in [4.78, 5) is 23.6. The van der Waals surface area contributed by atoms with Crippen molar-refractivity contribution < 1.29 is 14.7 Å². The zero-order chi connectivity index (χ0) is 15.2. The number of carbonyl (C=O) groups is 2. The normalized spacial score (nSPS) is 11.9. The number of carbonyl (C=O) groups excluding carboxylic acids is 1. The van der Waals surface area contributed by atoms with Crippen molar-refractivity contribution in [2.75, 3.05) is 0 Å².